The van der Waals surface area contributed by atoms with Crippen molar-refractivity contribution in [3.63, 3.8) is 0 Å². The van der Waals surface area contributed by atoms with Gasteiger partial charge < -0.3 is 10.1 Å². The molecule has 1 atom stereocenters. The number of nitrogens with one attached hydrogen (secondary N) is 1. The van der Waals surface area contributed by atoms with Crippen LogP contribution >= 0.6 is 0 Å². The molecule has 1 N–H and O–H groups in total. The summed E-state index contributed by atoms with van der Waals surface area (Å²) < 4.78 is 5.54. The minimum Gasteiger partial charge on any atom is -0.381 e. The van der Waals surface area contributed by atoms with Crippen molar-refractivity contribution >= 4 is 11.8 Å². The van der Waals surface area contributed by atoms with Gasteiger partial charge in [-0.2, -0.15) is 0 Å². The molecular formula is C14H22N2O3. The van der Waals surface area contributed by atoms with Crippen LogP contribution in [-0.4, -0.2) is 48.6 Å². The normalized spacial score (nSPS) is 27.4. The number of rotatable bonds is 8. The SMILES string of the molecule is O=C1CC(NCCCOCC2CC2)C(=O)N1C1CC1. The molecule has 2 aliphatic carbocycles. The Morgan fingerprint density at radius 2 is 2.00 bits per heavy atom. The Hall–Kier alpha value is -0.940. The molecule has 3 fully saturated rings. The summed E-state index contributed by atoms with van der Waals surface area (Å²) in [6, 6.07) is -0.0924. The molecule has 2 amide bonds. The quantitative estimate of drug-likeness (QED) is 0.518. The van der Waals surface area contributed by atoms with Crippen molar-refractivity contribution in [1.82, 2.24) is 10.2 Å². The molecule has 1 heterocycles. The maximum atomic E-state index is 12.0. The first-order chi connectivity index (χ1) is 9.25. The van der Waals surface area contributed by atoms with Crippen LogP contribution in [0.5, 0.6) is 0 Å². The van der Waals surface area contributed by atoms with Gasteiger partial charge in [-0.25, -0.2) is 0 Å². The minimum atomic E-state index is -0.295. The maximum absolute atomic E-state index is 12.0. The van der Waals surface area contributed by atoms with Crippen molar-refractivity contribution < 1.29 is 14.3 Å². The predicted octanol–water partition coefficient (Wildman–Crippen LogP) is 0.683. The summed E-state index contributed by atoms with van der Waals surface area (Å²) in [4.78, 5) is 25.2. The van der Waals surface area contributed by atoms with Gasteiger partial charge in [-0.05, 0) is 44.6 Å². The lowest BCUT2D eigenvalue weighted by Gasteiger charge is -2.14. The number of amides is 2. The maximum Gasteiger partial charge on any atom is 0.247 e. The molecule has 5 heteroatoms. The van der Waals surface area contributed by atoms with E-state index in [0.717, 1.165) is 44.9 Å². The minimum absolute atomic E-state index is 0.00465. The smallest absolute Gasteiger partial charge is 0.247 e. The van der Waals surface area contributed by atoms with E-state index < -0.39 is 0 Å². The van der Waals surface area contributed by atoms with Crippen LogP contribution in [0.4, 0.5) is 0 Å². The number of imide groups is 1. The lowest BCUT2D eigenvalue weighted by Crippen LogP contribution is -2.40. The second kappa shape index (κ2) is 5.59. The number of carbonyl (C=O) groups is 2. The van der Waals surface area contributed by atoms with Gasteiger partial charge in [0.25, 0.3) is 0 Å². The second-order valence-electron chi connectivity index (χ2n) is 5.92. The van der Waals surface area contributed by atoms with E-state index in [2.05, 4.69) is 5.32 Å². The summed E-state index contributed by atoms with van der Waals surface area (Å²) in [5.41, 5.74) is 0. The number of hydrogen-bond donors (Lipinski definition) is 1. The zero-order valence-electron chi connectivity index (χ0n) is 11.3. The average Bonchev–Trinajstić information content (AvgIpc) is 3.25. The van der Waals surface area contributed by atoms with Gasteiger partial charge in [-0.1, -0.05) is 0 Å². The van der Waals surface area contributed by atoms with Crippen molar-refractivity contribution in [1.29, 1.82) is 0 Å². The molecule has 106 valence electrons. The van der Waals surface area contributed by atoms with Gasteiger partial charge in [0.2, 0.25) is 11.8 Å². The molecule has 3 rings (SSSR count). The third-order valence-electron chi connectivity index (χ3n) is 4.00. The van der Waals surface area contributed by atoms with Crippen LogP contribution < -0.4 is 5.32 Å². The number of ether oxygens (including phenoxy) is 1. The molecule has 1 unspecified atom stereocenters. The largest absolute Gasteiger partial charge is 0.381 e. The van der Waals surface area contributed by atoms with Gasteiger partial charge >= 0.3 is 0 Å². The first kappa shape index (κ1) is 13.1. The van der Waals surface area contributed by atoms with Crippen molar-refractivity contribution in [2.75, 3.05) is 19.8 Å². The molecule has 0 spiro atoms. The molecule has 1 aliphatic heterocycles. The van der Waals surface area contributed by atoms with E-state index in [1.807, 2.05) is 0 Å². The number of likely N-dealkylation sites (tertiary alicyclic amines) is 1. The average molecular weight is 266 g/mol. The third-order valence-corrected chi connectivity index (χ3v) is 4.00. The van der Waals surface area contributed by atoms with Crippen LogP contribution in [0, 0.1) is 5.92 Å². The Morgan fingerprint density at radius 1 is 1.21 bits per heavy atom. The molecule has 19 heavy (non-hydrogen) atoms. The van der Waals surface area contributed by atoms with Crippen molar-refractivity contribution in [2.24, 2.45) is 5.92 Å². The molecule has 5 nitrogen and oxygen atoms in total. The highest BCUT2D eigenvalue weighted by Crippen LogP contribution is 2.31. The Balaban J connectivity index is 1.31. The lowest BCUT2D eigenvalue weighted by atomic mass is 10.2. The van der Waals surface area contributed by atoms with Crippen molar-refractivity contribution in [3.05, 3.63) is 0 Å². The van der Waals surface area contributed by atoms with Crippen molar-refractivity contribution in [3.8, 4) is 0 Å². The zero-order chi connectivity index (χ0) is 13.2. The van der Waals surface area contributed by atoms with E-state index in [0.29, 0.717) is 6.42 Å². The first-order valence-corrected chi connectivity index (χ1v) is 7.42. The van der Waals surface area contributed by atoms with Crippen LogP contribution in [0.3, 0.4) is 0 Å². The Kier molecular flexibility index (Phi) is 3.84. The van der Waals surface area contributed by atoms with Gasteiger partial charge in [-0.15, -0.1) is 0 Å². The lowest BCUT2D eigenvalue weighted by molar-refractivity contribution is -0.139. The Labute approximate surface area is 113 Å². The first-order valence-electron chi connectivity index (χ1n) is 7.42. The summed E-state index contributed by atoms with van der Waals surface area (Å²) in [6.45, 7) is 2.37. The summed E-state index contributed by atoms with van der Waals surface area (Å²) >= 11 is 0. The van der Waals surface area contributed by atoms with Gasteiger partial charge in [0.15, 0.2) is 0 Å². The van der Waals surface area contributed by atoms with Crippen LogP contribution in [0.25, 0.3) is 0 Å². The van der Waals surface area contributed by atoms with E-state index in [9.17, 15) is 9.59 Å². The molecule has 0 radical (unpaired) electrons. The van der Waals surface area contributed by atoms with Crippen LogP contribution in [0.15, 0.2) is 0 Å². The fourth-order valence-electron chi connectivity index (χ4n) is 2.51. The molecule has 1 saturated heterocycles. The highest BCUT2D eigenvalue weighted by molar-refractivity contribution is 6.06. The summed E-state index contributed by atoms with van der Waals surface area (Å²) in [6.07, 6.45) is 5.83. The number of carbonyl (C=O) groups excluding carboxylic acids is 2. The third kappa shape index (κ3) is 3.34. The topological polar surface area (TPSA) is 58.6 Å². The van der Waals surface area contributed by atoms with Gasteiger partial charge in [0, 0.05) is 19.3 Å². The fraction of sp³-hybridized carbons (Fsp3) is 0.857. The van der Waals surface area contributed by atoms with E-state index in [1.54, 1.807) is 0 Å². The van der Waals surface area contributed by atoms with E-state index in [1.165, 1.54) is 17.7 Å². The number of nitrogens with zero attached hydrogens (tertiary/aromatic N) is 1. The molecular weight excluding hydrogens is 244 g/mol. The van der Waals surface area contributed by atoms with Gasteiger partial charge in [0.05, 0.1) is 12.5 Å². The molecule has 2 saturated carbocycles. The van der Waals surface area contributed by atoms with E-state index in [4.69, 9.17) is 4.74 Å². The van der Waals surface area contributed by atoms with Crippen LogP contribution in [0.1, 0.15) is 38.5 Å². The van der Waals surface area contributed by atoms with Crippen molar-refractivity contribution in [2.45, 2.75) is 50.6 Å². The molecule has 3 aliphatic rings. The molecule has 0 aromatic rings. The monoisotopic (exact) mass is 266 g/mol. The number of hydrogen-bond acceptors (Lipinski definition) is 4. The highest BCUT2D eigenvalue weighted by atomic mass is 16.5. The van der Waals surface area contributed by atoms with Crippen LogP contribution in [0.2, 0.25) is 0 Å². The standard InChI is InChI=1S/C14H22N2O3/c17-13-8-12(14(18)16(13)11-4-5-11)15-6-1-7-19-9-10-2-3-10/h10-12,15H,1-9H2. The highest BCUT2D eigenvalue weighted by Gasteiger charge is 2.45. The summed E-state index contributed by atoms with van der Waals surface area (Å²) in [7, 11) is 0. The van der Waals surface area contributed by atoms with Gasteiger partial charge in [0.1, 0.15) is 0 Å². The summed E-state index contributed by atoms with van der Waals surface area (Å²) in [5, 5.41) is 3.19. The van der Waals surface area contributed by atoms with Crippen LogP contribution in [-0.2, 0) is 14.3 Å². The van der Waals surface area contributed by atoms with Gasteiger partial charge in [-0.3, -0.25) is 14.5 Å². The molecule has 0 bridgehead atoms. The molecule has 0 aromatic heterocycles. The predicted molar refractivity (Wildman–Crippen MR) is 69.4 cm³/mol. The Morgan fingerprint density at radius 3 is 2.68 bits per heavy atom. The summed E-state index contributed by atoms with van der Waals surface area (Å²) in [5.74, 6) is 0.774. The zero-order valence-corrected chi connectivity index (χ0v) is 11.3. The molecule has 0 aromatic carbocycles. The second-order valence-corrected chi connectivity index (χ2v) is 5.92. The fourth-order valence-corrected chi connectivity index (χ4v) is 2.51. The van der Waals surface area contributed by atoms with E-state index >= 15 is 0 Å². The Bertz CT molecular complexity index is 364. The van der Waals surface area contributed by atoms with E-state index in [-0.39, 0.29) is 23.9 Å².